The largest absolute Gasteiger partial charge is 0.508 e. The standard InChI is InChI=1S/C29H42O4/c1-8-18(3)25-16-23(10-12-27(25)31)14-20(5)29(33-22(7)30)21(6)15-24-11-13-28(32)26(17-24)19(4)9-2/h10-13,16-21,29,31-32H,8-9,14-15H2,1-7H3. The molecule has 2 rings (SSSR count). The third-order valence-electron chi connectivity index (χ3n) is 7.01. The molecule has 33 heavy (non-hydrogen) atoms. The number of hydrogen-bond donors (Lipinski definition) is 2. The van der Waals surface area contributed by atoms with Crippen LogP contribution in [0.15, 0.2) is 36.4 Å². The van der Waals surface area contributed by atoms with Gasteiger partial charge in [0.05, 0.1) is 0 Å². The van der Waals surface area contributed by atoms with E-state index in [1.165, 1.54) is 6.92 Å². The van der Waals surface area contributed by atoms with Crippen LogP contribution in [0.2, 0.25) is 0 Å². The Kier molecular flexibility index (Phi) is 9.82. The van der Waals surface area contributed by atoms with Crippen molar-refractivity contribution in [2.45, 2.75) is 92.1 Å². The van der Waals surface area contributed by atoms with Gasteiger partial charge in [-0.25, -0.2) is 0 Å². The fourth-order valence-corrected chi connectivity index (χ4v) is 4.65. The van der Waals surface area contributed by atoms with Crippen LogP contribution in [0.25, 0.3) is 0 Å². The van der Waals surface area contributed by atoms with E-state index in [-0.39, 0.29) is 35.7 Å². The number of phenolic OH excluding ortho intramolecular Hbond substituents is 2. The van der Waals surface area contributed by atoms with Crippen LogP contribution in [0, 0.1) is 11.8 Å². The van der Waals surface area contributed by atoms with E-state index in [0.717, 1.165) is 47.9 Å². The van der Waals surface area contributed by atoms with Crippen molar-refractivity contribution < 1.29 is 19.7 Å². The second-order valence-electron chi connectivity index (χ2n) is 9.84. The summed E-state index contributed by atoms with van der Waals surface area (Å²) in [5, 5.41) is 20.5. The Morgan fingerprint density at radius 2 is 1.18 bits per heavy atom. The van der Waals surface area contributed by atoms with Crippen molar-refractivity contribution >= 4 is 5.97 Å². The summed E-state index contributed by atoms with van der Waals surface area (Å²) in [6.45, 7) is 14.2. The van der Waals surface area contributed by atoms with Crippen molar-refractivity contribution in [3.63, 3.8) is 0 Å². The molecule has 4 atom stereocenters. The molecule has 0 amide bonds. The van der Waals surface area contributed by atoms with Gasteiger partial charge in [-0.15, -0.1) is 0 Å². The highest BCUT2D eigenvalue weighted by atomic mass is 16.5. The van der Waals surface area contributed by atoms with Gasteiger partial charge in [-0.05, 0) is 83.7 Å². The first-order valence-corrected chi connectivity index (χ1v) is 12.4. The molecule has 2 N–H and O–H groups in total. The molecular formula is C29H42O4. The Morgan fingerprint density at radius 1 is 0.788 bits per heavy atom. The van der Waals surface area contributed by atoms with Crippen LogP contribution in [0.5, 0.6) is 11.5 Å². The zero-order valence-corrected chi connectivity index (χ0v) is 21.4. The van der Waals surface area contributed by atoms with Crippen molar-refractivity contribution in [2.75, 3.05) is 0 Å². The summed E-state index contributed by atoms with van der Waals surface area (Å²) in [5.41, 5.74) is 4.23. The Balaban J connectivity index is 2.22. The molecule has 0 bridgehead atoms. The minimum atomic E-state index is -0.268. The molecule has 0 saturated heterocycles. The third-order valence-corrected chi connectivity index (χ3v) is 7.01. The number of benzene rings is 2. The topological polar surface area (TPSA) is 66.8 Å². The van der Waals surface area contributed by atoms with E-state index in [4.69, 9.17) is 4.74 Å². The van der Waals surface area contributed by atoms with Gasteiger partial charge < -0.3 is 14.9 Å². The molecule has 0 aliphatic carbocycles. The van der Waals surface area contributed by atoms with Crippen LogP contribution >= 0.6 is 0 Å². The summed E-state index contributed by atoms with van der Waals surface area (Å²) in [6, 6.07) is 11.7. The maximum absolute atomic E-state index is 11.9. The summed E-state index contributed by atoms with van der Waals surface area (Å²) in [7, 11) is 0. The summed E-state index contributed by atoms with van der Waals surface area (Å²) >= 11 is 0. The van der Waals surface area contributed by atoms with Crippen LogP contribution in [-0.2, 0) is 22.4 Å². The normalized spacial score (nSPS) is 16.0. The van der Waals surface area contributed by atoms with E-state index in [0.29, 0.717) is 11.5 Å². The number of esters is 1. The molecule has 0 saturated carbocycles. The molecule has 0 fully saturated rings. The van der Waals surface area contributed by atoms with Crippen LogP contribution in [-0.4, -0.2) is 22.3 Å². The maximum atomic E-state index is 11.9. The second-order valence-corrected chi connectivity index (χ2v) is 9.84. The number of rotatable bonds is 11. The monoisotopic (exact) mass is 454 g/mol. The van der Waals surface area contributed by atoms with Gasteiger partial charge in [0.1, 0.15) is 17.6 Å². The van der Waals surface area contributed by atoms with Crippen LogP contribution < -0.4 is 0 Å². The van der Waals surface area contributed by atoms with Gasteiger partial charge in [-0.3, -0.25) is 4.79 Å². The molecule has 4 heteroatoms. The lowest BCUT2D eigenvalue weighted by Crippen LogP contribution is -2.33. The summed E-state index contributed by atoms with van der Waals surface area (Å²) in [5.74, 6) is 1.23. The molecule has 182 valence electrons. The molecule has 0 spiro atoms. The van der Waals surface area contributed by atoms with Gasteiger partial charge >= 0.3 is 5.97 Å². The van der Waals surface area contributed by atoms with Crippen LogP contribution in [0.3, 0.4) is 0 Å². The molecule has 4 unspecified atom stereocenters. The molecule has 4 nitrogen and oxygen atoms in total. The maximum Gasteiger partial charge on any atom is 0.302 e. The van der Waals surface area contributed by atoms with E-state index >= 15 is 0 Å². The van der Waals surface area contributed by atoms with Crippen LogP contribution in [0.1, 0.15) is 95.4 Å². The Labute approximate surface area is 200 Å². The van der Waals surface area contributed by atoms with Crippen molar-refractivity contribution in [3.05, 3.63) is 58.7 Å². The molecule has 0 aromatic heterocycles. The highest BCUT2D eigenvalue weighted by Gasteiger charge is 2.28. The average molecular weight is 455 g/mol. The van der Waals surface area contributed by atoms with E-state index < -0.39 is 0 Å². The first kappa shape index (κ1) is 26.8. The second kappa shape index (κ2) is 12.1. The number of phenols is 2. The minimum Gasteiger partial charge on any atom is -0.508 e. The third kappa shape index (κ3) is 7.25. The smallest absolute Gasteiger partial charge is 0.302 e. The first-order chi connectivity index (χ1) is 15.6. The molecule has 0 aliphatic rings. The zero-order chi connectivity index (χ0) is 24.7. The first-order valence-electron chi connectivity index (χ1n) is 12.4. The van der Waals surface area contributed by atoms with Crippen molar-refractivity contribution in [2.24, 2.45) is 11.8 Å². The zero-order valence-electron chi connectivity index (χ0n) is 21.4. The fourth-order valence-electron chi connectivity index (χ4n) is 4.65. The van der Waals surface area contributed by atoms with Crippen molar-refractivity contribution in [3.8, 4) is 11.5 Å². The molecule has 0 radical (unpaired) electrons. The Bertz CT molecular complexity index is 852. The fraction of sp³-hybridized carbons (Fsp3) is 0.552. The SMILES string of the molecule is CCC(C)c1cc(CC(C)C(OC(C)=O)C(C)Cc2ccc(O)c(C(C)CC)c2)ccc1O. The molecule has 2 aromatic rings. The number of carbonyl (C=O) groups is 1. The predicted molar refractivity (Wildman–Crippen MR) is 135 cm³/mol. The van der Waals surface area contributed by atoms with Gasteiger partial charge in [-0.2, -0.15) is 0 Å². The minimum absolute atomic E-state index is 0.115. The van der Waals surface area contributed by atoms with Crippen molar-refractivity contribution in [1.82, 2.24) is 0 Å². The highest BCUT2D eigenvalue weighted by Crippen LogP contribution is 2.33. The Morgan fingerprint density at radius 3 is 1.52 bits per heavy atom. The lowest BCUT2D eigenvalue weighted by atomic mass is 9.83. The number of aromatic hydroxyl groups is 2. The van der Waals surface area contributed by atoms with Gasteiger partial charge in [0.15, 0.2) is 0 Å². The average Bonchev–Trinajstić information content (AvgIpc) is 2.78. The van der Waals surface area contributed by atoms with Crippen LogP contribution in [0.4, 0.5) is 0 Å². The van der Waals surface area contributed by atoms with Gasteiger partial charge in [0.25, 0.3) is 0 Å². The molecular weight excluding hydrogens is 412 g/mol. The summed E-state index contributed by atoms with van der Waals surface area (Å²) in [6.07, 6.45) is 3.22. The Hall–Kier alpha value is -2.49. The predicted octanol–water partition coefficient (Wildman–Crippen LogP) is 7.11. The van der Waals surface area contributed by atoms with Gasteiger partial charge in [0.2, 0.25) is 0 Å². The molecule has 2 aromatic carbocycles. The number of carbonyl (C=O) groups excluding carboxylic acids is 1. The van der Waals surface area contributed by atoms with E-state index in [2.05, 4.69) is 53.7 Å². The van der Waals surface area contributed by atoms with E-state index in [9.17, 15) is 15.0 Å². The van der Waals surface area contributed by atoms with E-state index in [1.807, 2.05) is 12.1 Å². The molecule has 0 aliphatic heterocycles. The number of hydrogen-bond acceptors (Lipinski definition) is 4. The lowest BCUT2D eigenvalue weighted by molar-refractivity contribution is -0.152. The highest BCUT2D eigenvalue weighted by molar-refractivity contribution is 5.66. The van der Waals surface area contributed by atoms with Gasteiger partial charge in [-0.1, -0.05) is 65.8 Å². The summed E-state index contributed by atoms with van der Waals surface area (Å²) < 4.78 is 5.83. The van der Waals surface area contributed by atoms with Crippen molar-refractivity contribution in [1.29, 1.82) is 0 Å². The summed E-state index contributed by atoms with van der Waals surface area (Å²) in [4.78, 5) is 11.9. The van der Waals surface area contributed by atoms with Gasteiger partial charge in [0, 0.05) is 6.92 Å². The quantitative estimate of drug-likeness (QED) is 0.355. The lowest BCUT2D eigenvalue weighted by Gasteiger charge is -2.30. The molecule has 0 heterocycles. The number of ether oxygens (including phenoxy) is 1. The van der Waals surface area contributed by atoms with E-state index in [1.54, 1.807) is 12.1 Å².